The van der Waals surface area contributed by atoms with Crippen molar-refractivity contribution in [3.05, 3.63) is 58.3 Å². The van der Waals surface area contributed by atoms with Crippen LogP contribution in [0.1, 0.15) is 5.56 Å². The summed E-state index contributed by atoms with van der Waals surface area (Å²) in [5, 5.41) is 3.14. The zero-order valence-electron chi connectivity index (χ0n) is 11.2. The van der Waals surface area contributed by atoms with Gasteiger partial charge in [-0.3, -0.25) is 4.72 Å². The van der Waals surface area contributed by atoms with Gasteiger partial charge in [-0.05, 0) is 57.9 Å². The fraction of sp³-hybridized carbons (Fsp3) is 0.143. The van der Waals surface area contributed by atoms with Crippen molar-refractivity contribution in [2.75, 3.05) is 16.3 Å². The maximum atomic E-state index is 13.4. The lowest BCUT2D eigenvalue weighted by atomic mass is 10.2. The number of benzene rings is 2. The molecule has 2 aromatic carbocycles. The molecule has 0 aliphatic carbocycles. The Morgan fingerprint density at radius 2 is 1.71 bits per heavy atom. The summed E-state index contributed by atoms with van der Waals surface area (Å²) in [5.74, 6) is -0.304. The summed E-state index contributed by atoms with van der Waals surface area (Å²) < 4.78 is 38.4. The lowest BCUT2D eigenvalue weighted by Crippen LogP contribution is -2.09. The Balaban J connectivity index is 1.99. The molecule has 0 saturated carbocycles. The quantitative estimate of drug-likeness (QED) is 0.843. The molecule has 112 valence electrons. The number of halogens is 2. The van der Waals surface area contributed by atoms with Crippen molar-refractivity contribution >= 4 is 37.3 Å². The minimum atomic E-state index is -3.27. The van der Waals surface area contributed by atoms with Crippen LogP contribution in [-0.2, 0) is 16.6 Å². The zero-order chi connectivity index (χ0) is 15.5. The molecule has 0 aromatic heterocycles. The van der Waals surface area contributed by atoms with Crippen molar-refractivity contribution in [3.63, 3.8) is 0 Å². The Kier molecular flexibility index (Phi) is 4.84. The summed E-state index contributed by atoms with van der Waals surface area (Å²) >= 11 is 3.11. The third-order valence-electron chi connectivity index (χ3n) is 2.67. The molecule has 0 bridgehead atoms. The molecule has 0 radical (unpaired) electrons. The largest absolute Gasteiger partial charge is 0.381 e. The highest BCUT2D eigenvalue weighted by Gasteiger charge is 2.03. The first kappa shape index (κ1) is 15.8. The number of hydrogen-bond donors (Lipinski definition) is 2. The first-order valence-corrected chi connectivity index (χ1v) is 8.77. The highest BCUT2D eigenvalue weighted by Crippen LogP contribution is 2.18. The normalized spacial score (nSPS) is 11.2. The Morgan fingerprint density at radius 1 is 1.10 bits per heavy atom. The van der Waals surface area contributed by atoms with Crippen LogP contribution in [0.15, 0.2) is 46.9 Å². The van der Waals surface area contributed by atoms with Crippen molar-refractivity contribution in [1.82, 2.24) is 0 Å². The van der Waals surface area contributed by atoms with E-state index in [-0.39, 0.29) is 5.82 Å². The van der Waals surface area contributed by atoms with E-state index in [1.54, 1.807) is 30.3 Å². The van der Waals surface area contributed by atoms with Crippen LogP contribution in [0.5, 0.6) is 0 Å². The topological polar surface area (TPSA) is 58.2 Å². The van der Waals surface area contributed by atoms with Gasteiger partial charge in [-0.1, -0.05) is 6.07 Å². The number of sulfonamides is 1. The van der Waals surface area contributed by atoms with Gasteiger partial charge in [-0.15, -0.1) is 0 Å². The Labute approximate surface area is 131 Å². The van der Waals surface area contributed by atoms with Gasteiger partial charge < -0.3 is 5.32 Å². The van der Waals surface area contributed by atoms with Crippen LogP contribution in [0.4, 0.5) is 15.8 Å². The predicted octanol–water partition coefficient (Wildman–Crippen LogP) is 3.57. The van der Waals surface area contributed by atoms with Gasteiger partial charge in [0.2, 0.25) is 10.0 Å². The minimum Gasteiger partial charge on any atom is -0.381 e. The zero-order valence-corrected chi connectivity index (χ0v) is 13.6. The van der Waals surface area contributed by atoms with Gasteiger partial charge >= 0.3 is 0 Å². The molecule has 7 heteroatoms. The summed E-state index contributed by atoms with van der Waals surface area (Å²) in [4.78, 5) is 0. The average molecular weight is 373 g/mol. The van der Waals surface area contributed by atoms with Crippen LogP contribution < -0.4 is 10.0 Å². The highest BCUT2D eigenvalue weighted by atomic mass is 79.9. The lowest BCUT2D eigenvalue weighted by Gasteiger charge is -2.09. The SMILES string of the molecule is CS(=O)(=O)Nc1ccc(NCc2ccc(Br)c(F)c2)cc1. The van der Waals surface area contributed by atoms with E-state index in [2.05, 4.69) is 26.0 Å². The number of hydrogen-bond acceptors (Lipinski definition) is 3. The molecule has 2 N–H and O–H groups in total. The fourth-order valence-corrected chi connectivity index (χ4v) is 2.53. The van der Waals surface area contributed by atoms with E-state index in [0.717, 1.165) is 17.5 Å². The summed E-state index contributed by atoms with van der Waals surface area (Å²) in [5.41, 5.74) is 2.13. The van der Waals surface area contributed by atoms with Crippen molar-refractivity contribution in [1.29, 1.82) is 0 Å². The first-order valence-electron chi connectivity index (χ1n) is 6.09. The van der Waals surface area contributed by atoms with Gasteiger partial charge in [0.1, 0.15) is 5.82 Å². The first-order chi connectivity index (χ1) is 9.83. The number of nitrogens with one attached hydrogen (secondary N) is 2. The van der Waals surface area contributed by atoms with E-state index in [4.69, 9.17) is 0 Å². The predicted molar refractivity (Wildman–Crippen MR) is 86.3 cm³/mol. The standard InChI is InChI=1S/C14H14BrFN2O2S/c1-21(19,20)18-12-5-3-11(4-6-12)17-9-10-2-7-13(15)14(16)8-10/h2-8,17-18H,9H2,1H3. The molecule has 0 aliphatic heterocycles. The van der Waals surface area contributed by atoms with Crippen LogP contribution in [0.25, 0.3) is 0 Å². The molecule has 0 unspecified atom stereocenters. The van der Waals surface area contributed by atoms with E-state index >= 15 is 0 Å². The summed E-state index contributed by atoms with van der Waals surface area (Å²) in [7, 11) is -3.27. The number of anilines is 2. The third kappa shape index (κ3) is 5.02. The molecule has 0 saturated heterocycles. The second-order valence-electron chi connectivity index (χ2n) is 4.55. The molecule has 2 aromatic rings. The molecule has 0 aliphatic rings. The maximum Gasteiger partial charge on any atom is 0.229 e. The van der Waals surface area contributed by atoms with Crippen LogP contribution in [0.3, 0.4) is 0 Å². The van der Waals surface area contributed by atoms with Crippen molar-refractivity contribution < 1.29 is 12.8 Å². The van der Waals surface area contributed by atoms with Crippen LogP contribution >= 0.6 is 15.9 Å². The second-order valence-corrected chi connectivity index (χ2v) is 7.16. The summed E-state index contributed by atoms with van der Waals surface area (Å²) in [6.07, 6.45) is 1.10. The van der Waals surface area contributed by atoms with Gasteiger partial charge in [0, 0.05) is 17.9 Å². The second kappa shape index (κ2) is 6.44. The number of rotatable bonds is 5. The molecule has 4 nitrogen and oxygen atoms in total. The Hall–Kier alpha value is -1.60. The maximum absolute atomic E-state index is 13.4. The van der Waals surface area contributed by atoms with Crippen molar-refractivity contribution in [3.8, 4) is 0 Å². The highest BCUT2D eigenvalue weighted by molar-refractivity contribution is 9.10. The third-order valence-corrected chi connectivity index (χ3v) is 3.92. The molecule has 0 spiro atoms. The average Bonchev–Trinajstić information content (AvgIpc) is 2.40. The molecule has 0 amide bonds. The molecule has 0 heterocycles. The Bertz CT molecular complexity index is 733. The van der Waals surface area contributed by atoms with Gasteiger partial charge in [0.25, 0.3) is 0 Å². The summed E-state index contributed by atoms with van der Waals surface area (Å²) in [6, 6.07) is 11.8. The molecule has 2 rings (SSSR count). The van der Waals surface area contributed by atoms with E-state index in [1.165, 1.54) is 6.07 Å². The van der Waals surface area contributed by atoms with Crippen molar-refractivity contribution in [2.45, 2.75) is 6.54 Å². The van der Waals surface area contributed by atoms with Gasteiger partial charge in [-0.25, -0.2) is 12.8 Å². The van der Waals surface area contributed by atoms with E-state index < -0.39 is 10.0 Å². The van der Waals surface area contributed by atoms with Crippen LogP contribution in [0, 0.1) is 5.82 Å². The Morgan fingerprint density at radius 3 is 2.29 bits per heavy atom. The molecule has 0 atom stereocenters. The lowest BCUT2D eigenvalue weighted by molar-refractivity contribution is 0.607. The molecular formula is C14H14BrFN2O2S. The van der Waals surface area contributed by atoms with E-state index in [1.807, 2.05) is 6.07 Å². The fourth-order valence-electron chi connectivity index (χ4n) is 1.72. The van der Waals surface area contributed by atoms with Gasteiger partial charge in [0.05, 0.1) is 10.7 Å². The monoisotopic (exact) mass is 372 g/mol. The summed E-state index contributed by atoms with van der Waals surface area (Å²) in [6.45, 7) is 0.475. The van der Waals surface area contributed by atoms with Crippen LogP contribution in [0.2, 0.25) is 0 Å². The smallest absolute Gasteiger partial charge is 0.229 e. The van der Waals surface area contributed by atoms with Crippen LogP contribution in [-0.4, -0.2) is 14.7 Å². The molecule has 21 heavy (non-hydrogen) atoms. The van der Waals surface area contributed by atoms with E-state index in [0.29, 0.717) is 16.7 Å². The van der Waals surface area contributed by atoms with Gasteiger partial charge in [-0.2, -0.15) is 0 Å². The minimum absolute atomic E-state index is 0.304. The molecule has 0 fully saturated rings. The van der Waals surface area contributed by atoms with E-state index in [9.17, 15) is 12.8 Å². The molecular weight excluding hydrogens is 359 g/mol. The van der Waals surface area contributed by atoms with Crippen molar-refractivity contribution in [2.24, 2.45) is 0 Å². The van der Waals surface area contributed by atoms with Gasteiger partial charge in [0.15, 0.2) is 0 Å².